The summed E-state index contributed by atoms with van der Waals surface area (Å²) in [4.78, 5) is 27.0. The van der Waals surface area contributed by atoms with Crippen molar-refractivity contribution in [3.63, 3.8) is 0 Å². The number of hydrogen-bond donors (Lipinski definition) is 1. The minimum Gasteiger partial charge on any atom is -0.356 e. The van der Waals surface area contributed by atoms with Crippen LogP contribution in [0.15, 0.2) is 54.6 Å². The van der Waals surface area contributed by atoms with Crippen molar-refractivity contribution in [1.29, 1.82) is 0 Å². The molecular weight excluding hydrogens is 360 g/mol. The van der Waals surface area contributed by atoms with Crippen molar-refractivity contribution in [2.75, 3.05) is 19.6 Å². The molecule has 3 rings (SSSR count). The predicted molar refractivity (Wildman–Crippen MR) is 118 cm³/mol. The summed E-state index contributed by atoms with van der Waals surface area (Å²) in [6, 6.07) is 18.4. The minimum absolute atomic E-state index is 0.0157. The van der Waals surface area contributed by atoms with Gasteiger partial charge in [0.2, 0.25) is 5.91 Å². The summed E-state index contributed by atoms with van der Waals surface area (Å²) < 4.78 is 0. The van der Waals surface area contributed by atoms with Crippen molar-refractivity contribution in [3.05, 3.63) is 60.2 Å². The lowest BCUT2D eigenvalue weighted by atomic mass is 10.0. The Labute approximate surface area is 174 Å². The van der Waals surface area contributed by atoms with Gasteiger partial charge in [-0.1, -0.05) is 61.0 Å². The van der Waals surface area contributed by atoms with Gasteiger partial charge >= 0.3 is 0 Å². The largest absolute Gasteiger partial charge is 0.356 e. The summed E-state index contributed by atoms with van der Waals surface area (Å²) in [5.74, 6) is -0.0205. The number of piperidine rings is 1. The van der Waals surface area contributed by atoms with Gasteiger partial charge in [-0.3, -0.25) is 9.59 Å². The maximum atomic E-state index is 12.4. The molecule has 1 unspecified atom stereocenters. The molecule has 4 heteroatoms. The molecule has 0 spiro atoms. The minimum atomic E-state index is -0.0362. The van der Waals surface area contributed by atoms with Crippen molar-refractivity contribution >= 4 is 11.7 Å². The normalized spacial score (nSPS) is 17.1. The van der Waals surface area contributed by atoms with Crippen molar-refractivity contribution in [2.24, 2.45) is 0 Å². The second-order valence-electron chi connectivity index (χ2n) is 7.95. The van der Waals surface area contributed by atoms with Crippen LogP contribution in [0.3, 0.4) is 0 Å². The van der Waals surface area contributed by atoms with Gasteiger partial charge in [0, 0.05) is 37.5 Å². The Morgan fingerprint density at radius 1 is 0.966 bits per heavy atom. The van der Waals surface area contributed by atoms with Gasteiger partial charge in [-0.2, -0.15) is 0 Å². The fourth-order valence-electron chi connectivity index (χ4n) is 3.94. The summed E-state index contributed by atoms with van der Waals surface area (Å²) >= 11 is 0. The van der Waals surface area contributed by atoms with Gasteiger partial charge in [0.1, 0.15) is 0 Å². The standard InChI is InChI=1S/C25H32N2O2/c1-20-8-5-6-18-27(20)19-7-17-26-25(29)16-15-24(28)23-13-11-22(12-14-23)21-9-3-2-4-10-21/h2-4,9-14,20H,5-8,15-19H2,1H3,(H,26,29). The summed E-state index contributed by atoms with van der Waals surface area (Å²) in [6.07, 6.45) is 5.35. The van der Waals surface area contributed by atoms with Crippen molar-refractivity contribution < 1.29 is 9.59 Å². The Kier molecular flexibility index (Phi) is 8.00. The molecule has 154 valence electrons. The fourth-order valence-corrected chi connectivity index (χ4v) is 3.94. The molecule has 1 fully saturated rings. The van der Waals surface area contributed by atoms with Gasteiger partial charge in [-0.15, -0.1) is 0 Å². The number of benzene rings is 2. The third-order valence-electron chi connectivity index (χ3n) is 5.78. The van der Waals surface area contributed by atoms with E-state index in [4.69, 9.17) is 0 Å². The summed E-state index contributed by atoms with van der Waals surface area (Å²) in [5, 5.41) is 2.96. The summed E-state index contributed by atoms with van der Waals surface area (Å²) in [6.45, 7) is 5.18. The molecule has 0 aliphatic carbocycles. The molecule has 0 bridgehead atoms. The van der Waals surface area contributed by atoms with Crippen LogP contribution in [0.4, 0.5) is 0 Å². The molecule has 0 saturated carbocycles. The number of carbonyl (C=O) groups excluding carboxylic acids is 2. The van der Waals surface area contributed by atoms with Crippen molar-refractivity contribution in [3.8, 4) is 11.1 Å². The number of ketones is 1. The molecule has 1 amide bonds. The molecule has 1 aliphatic heterocycles. The van der Waals surface area contributed by atoms with Crippen LogP contribution in [0, 0.1) is 0 Å². The van der Waals surface area contributed by atoms with Gasteiger partial charge in [-0.25, -0.2) is 0 Å². The number of nitrogens with zero attached hydrogens (tertiary/aromatic N) is 1. The quantitative estimate of drug-likeness (QED) is 0.497. The maximum Gasteiger partial charge on any atom is 0.220 e. The molecule has 0 radical (unpaired) electrons. The van der Waals surface area contributed by atoms with Gasteiger partial charge in [0.05, 0.1) is 0 Å². The Balaban J connectivity index is 1.36. The van der Waals surface area contributed by atoms with Gasteiger partial charge in [-0.05, 0) is 43.9 Å². The van der Waals surface area contributed by atoms with Crippen LogP contribution in [0.25, 0.3) is 11.1 Å². The Hall–Kier alpha value is -2.46. The first kappa shape index (κ1) is 21.3. The molecule has 1 aliphatic rings. The van der Waals surface area contributed by atoms with Gasteiger partial charge < -0.3 is 10.2 Å². The number of amides is 1. The number of rotatable bonds is 9. The molecule has 29 heavy (non-hydrogen) atoms. The first-order valence-corrected chi connectivity index (χ1v) is 10.8. The van der Waals surface area contributed by atoms with E-state index in [0.29, 0.717) is 18.2 Å². The second-order valence-corrected chi connectivity index (χ2v) is 7.95. The summed E-state index contributed by atoms with van der Waals surface area (Å²) in [7, 11) is 0. The molecule has 1 atom stereocenters. The lowest BCUT2D eigenvalue weighted by Crippen LogP contribution is -2.39. The predicted octanol–water partition coefficient (Wildman–Crippen LogP) is 4.70. The van der Waals surface area contributed by atoms with E-state index in [1.165, 1.54) is 25.8 Å². The SMILES string of the molecule is CC1CCCCN1CCCNC(=O)CCC(=O)c1ccc(-c2ccccc2)cc1. The molecule has 2 aromatic carbocycles. The summed E-state index contributed by atoms with van der Waals surface area (Å²) in [5.41, 5.74) is 2.88. The monoisotopic (exact) mass is 392 g/mol. The number of carbonyl (C=O) groups is 2. The van der Waals surface area contributed by atoms with Crippen LogP contribution in [0.5, 0.6) is 0 Å². The number of likely N-dealkylation sites (tertiary alicyclic amines) is 1. The van der Waals surface area contributed by atoms with Crippen LogP contribution in [0.2, 0.25) is 0 Å². The van der Waals surface area contributed by atoms with Crippen molar-refractivity contribution in [2.45, 2.75) is 51.5 Å². The van der Waals surface area contributed by atoms with E-state index >= 15 is 0 Å². The number of Topliss-reactive ketones (excluding diaryl/α,β-unsaturated/α-hetero) is 1. The molecule has 2 aromatic rings. The second kappa shape index (κ2) is 10.9. The molecule has 0 aromatic heterocycles. The average Bonchev–Trinajstić information content (AvgIpc) is 2.77. The van der Waals surface area contributed by atoms with Crippen molar-refractivity contribution in [1.82, 2.24) is 10.2 Å². The first-order chi connectivity index (χ1) is 14.1. The van der Waals surface area contributed by atoms with E-state index in [9.17, 15) is 9.59 Å². The Bertz CT molecular complexity index is 786. The molecule has 1 saturated heterocycles. The smallest absolute Gasteiger partial charge is 0.220 e. The highest BCUT2D eigenvalue weighted by molar-refractivity contribution is 5.98. The lowest BCUT2D eigenvalue weighted by molar-refractivity contribution is -0.121. The third-order valence-corrected chi connectivity index (χ3v) is 5.78. The molecule has 1 N–H and O–H groups in total. The van der Waals surface area contributed by atoms with E-state index in [0.717, 1.165) is 24.1 Å². The highest BCUT2D eigenvalue weighted by atomic mass is 16.2. The first-order valence-electron chi connectivity index (χ1n) is 10.8. The highest BCUT2D eigenvalue weighted by Gasteiger charge is 2.17. The van der Waals surface area contributed by atoms with Crippen LogP contribution in [0.1, 0.15) is 55.8 Å². The topological polar surface area (TPSA) is 49.4 Å². The fraction of sp³-hybridized carbons (Fsp3) is 0.440. The van der Waals surface area contributed by atoms with E-state index in [-0.39, 0.29) is 24.5 Å². The zero-order valence-corrected chi connectivity index (χ0v) is 17.4. The lowest BCUT2D eigenvalue weighted by Gasteiger charge is -2.33. The van der Waals surface area contributed by atoms with E-state index < -0.39 is 0 Å². The van der Waals surface area contributed by atoms with Gasteiger partial charge in [0.15, 0.2) is 5.78 Å². The van der Waals surface area contributed by atoms with Crippen LogP contribution >= 0.6 is 0 Å². The van der Waals surface area contributed by atoms with Crippen LogP contribution in [-0.4, -0.2) is 42.3 Å². The Morgan fingerprint density at radius 3 is 2.41 bits per heavy atom. The third kappa shape index (κ3) is 6.53. The van der Waals surface area contributed by atoms with Crippen LogP contribution in [-0.2, 0) is 4.79 Å². The zero-order chi connectivity index (χ0) is 20.5. The van der Waals surface area contributed by atoms with E-state index in [1.807, 2.05) is 54.6 Å². The molecule has 1 heterocycles. The maximum absolute atomic E-state index is 12.4. The Morgan fingerprint density at radius 2 is 1.69 bits per heavy atom. The molecule has 4 nitrogen and oxygen atoms in total. The molecular formula is C25H32N2O2. The van der Waals surface area contributed by atoms with Gasteiger partial charge in [0.25, 0.3) is 0 Å². The highest BCUT2D eigenvalue weighted by Crippen LogP contribution is 2.20. The van der Waals surface area contributed by atoms with Crippen LogP contribution < -0.4 is 5.32 Å². The number of nitrogens with one attached hydrogen (secondary N) is 1. The van der Waals surface area contributed by atoms with E-state index in [1.54, 1.807) is 0 Å². The average molecular weight is 393 g/mol. The number of hydrogen-bond acceptors (Lipinski definition) is 3. The zero-order valence-electron chi connectivity index (χ0n) is 17.4. The van der Waals surface area contributed by atoms with E-state index in [2.05, 4.69) is 17.1 Å².